The molecule has 1 aromatic heterocycles. The number of rotatable bonds is 2. The number of Topliss-reactive ketones (excluding diaryl/α,β-unsaturated/α-hetero) is 1. The van der Waals surface area contributed by atoms with Crippen LogP contribution in [0.5, 0.6) is 0 Å². The maximum Gasteiger partial charge on any atom is 0.155 e. The molecule has 3 heteroatoms. The van der Waals surface area contributed by atoms with Gasteiger partial charge in [0.1, 0.15) is 5.01 Å². The summed E-state index contributed by atoms with van der Waals surface area (Å²) in [6, 6.07) is 0. The number of thiazole rings is 1. The van der Waals surface area contributed by atoms with Gasteiger partial charge in [-0.1, -0.05) is 0 Å². The molecular weight excluding hydrogens is 170 g/mol. The SMILES string of the molecule is CC(=O)/C(C)=C/c1ncc(C)s1. The second kappa shape index (κ2) is 3.63. The van der Waals surface area contributed by atoms with E-state index in [0.717, 1.165) is 15.5 Å². The summed E-state index contributed by atoms with van der Waals surface area (Å²) in [5, 5.41) is 0.903. The van der Waals surface area contributed by atoms with Crippen LogP contribution in [0.2, 0.25) is 0 Å². The lowest BCUT2D eigenvalue weighted by Gasteiger charge is -1.89. The first-order valence-corrected chi connectivity index (χ1v) is 4.53. The van der Waals surface area contributed by atoms with Gasteiger partial charge in [-0.25, -0.2) is 4.98 Å². The van der Waals surface area contributed by atoms with E-state index in [9.17, 15) is 4.79 Å². The molecule has 0 fully saturated rings. The minimum absolute atomic E-state index is 0.0999. The van der Waals surface area contributed by atoms with Crippen LogP contribution in [0, 0.1) is 6.92 Å². The Morgan fingerprint density at radius 3 is 2.67 bits per heavy atom. The van der Waals surface area contributed by atoms with Crippen LogP contribution in [0.1, 0.15) is 23.7 Å². The third-order valence-electron chi connectivity index (χ3n) is 1.53. The Balaban J connectivity index is 2.87. The fourth-order valence-electron chi connectivity index (χ4n) is 0.726. The van der Waals surface area contributed by atoms with Gasteiger partial charge in [-0.15, -0.1) is 11.3 Å². The zero-order valence-corrected chi connectivity index (χ0v) is 8.23. The van der Waals surface area contributed by atoms with Crippen molar-refractivity contribution < 1.29 is 4.79 Å². The summed E-state index contributed by atoms with van der Waals surface area (Å²) >= 11 is 1.59. The van der Waals surface area contributed by atoms with E-state index in [1.807, 2.05) is 19.2 Å². The van der Waals surface area contributed by atoms with Crippen molar-refractivity contribution in [2.24, 2.45) is 0 Å². The summed E-state index contributed by atoms with van der Waals surface area (Å²) < 4.78 is 0. The highest BCUT2D eigenvalue weighted by Crippen LogP contribution is 2.14. The topological polar surface area (TPSA) is 30.0 Å². The first-order chi connectivity index (χ1) is 5.59. The second-order valence-electron chi connectivity index (χ2n) is 2.69. The molecule has 1 heterocycles. The van der Waals surface area contributed by atoms with Crippen molar-refractivity contribution in [1.29, 1.82) is 0 Å². The van der Waals surface area contributed by atoms with E-state index in [1.54, 1.807) is 25.2 Å². The molecule has 0 aliphatic carbocycles. The highest BCUT2D eigenvalue weighted by atomic mass is 32.1. The van der Waals surface area contributed by atoms with Gasteiger partial charge < -0.3 is 0 Å². The Morgan fingerprint density at radius 1 is 1.58 bits per heavy atom. The predicted molar refractivity (Wildman–Crippen MR) is 51.2 cm³/mol. The van der Waals surface area contributed by atoms with E-state index in [-0.39, 0.29) is 5.78 Å². The molecule has 0 aliphatic heterocycles. The van der Waals surface area contributed by atoms with Gasteiger partial charge >= 0.3 is 0 Å². The highest BCUT2D eigenvalue weighted by Gasteiger charge is 1.98. The first kappa shape index (κ1) is 9.13. The largest absolute Gasteiger partial charge is 0.295 e. The average Bonchev–Trinajstić information content (AvgIpc) is 2.35. The van der Waals surface area contributed by atoms with Crippen molar-refractivity contribution in [3.05, 3.63) is 21.7 Å². The molecular formula is C9H11NOS. The first-order valence-electron chi connectivity index (χ1n) is 3.71. The maximum atomic E-state index is 10.9. The van der Waals surface area contributed by atoms with Crippen LogP contribution in [-0.2, 0) is 4.79 Å². The molecule has 1 aromatic rings. The predicted octanol–water partition coefficient (Wildman–Crippen LogP) is 2.44. The molecule has 12 heavy (non-hydrogen) atoms. The number of carbonyl (C=O) groups is 1. The van der Waals surface area contributed by atoms with Gasteiger partial charge in [-0.3, -0.25) is 4.79 Å². The quantitative estimate of drug-likeness (QED) is 0.656. The molecule has 1 rings (SSSR count). The van der Waals surface area contributed by atoms with Gasteiger partial charge in [0.05, 0.1) is 0 Å². The van der Waals surface area contributed by atoms with Crippen LogP contribution in [0.3, 0.4) is 0 Å². The van der Waals surface area contributed by atoms with Crippen molar-refractivity contribution >= 4 is 23.2 Å². The van der Waals surface area contributed by atoms with Gasteiger partial charge in [0.15, 0.2) is 5.78 Å². The van der Waals surface area contributed by atoms with E-state index in [1.165, 1.54) is 0 Å². The van der Waals surface area contributed by atoms with Crippen molar-refractivity contribution in [2.75, 3.05) is 0 Å². The molecule has 0 amide bonds. The third-order valence-corrected chi connectivity index (χ3v) is 2.39. The molecule has 2 nitrogen and oxygen atoms in total. The van der Waals surface area contributed by atoms with Crippen molar-refractivity contribution in [3.63, 3.8) is 0 Å². The van der Waals surface area contributed by atoms with Crippen LogP contribution in [0.15, 0.2) is 11.8 Å². The van der Waals surface area contributed by atoms with Crippen molar-refractivity contribution in [1.82, 2.24) is 4.98 Å². The molecule has 0 bridgehead atoms. The molecule has 0 atom stereocenters. The number of allylic oxidation sites excluding steroid dienone is 1. The number of ketones is 1. The molecule has 0 saturated heterocycles. The van der Waals surface area contributed by atoms with E-state index < -0.39 is 0 Å². The van der Waals surface area contributed by atoms with Gasteiger partial charge in [-0.2, -0.15) is 0 Å². The van der Waals surface area contributed by atoms with Gasteiger partial charge in [0.2, 0.25) is 0 Å². The smallest absolute Gasteiger partial charge is 0.155 e. The summed E-state index contributed by atoms with van der Waals surface area (Å²) in [6.07, 6.45) is 3.63. The van der Waals surface area contributed by atoms with Crippen LogP contribution < -0.4 is 0 Å². The van der Waals surface area contributed by atoms with Crippen LogP contribution in [-0.4, -0.2) is 10.8 Å². The second-order valence-corrected chi connectivity index (χ2v) is 3.96. The Bertz CT molecular complexity index is 325. The number of hydrogen-bond donors (Lipinski definition) is 0. The highest BCUT2D eigenvalue weighted by molar-refractivity contribution is 7.12. The van der Waals surface area contributed by atoms with E-state index >= 15 is 0 Å². The number of carbonyl (C=O) groups excluding carboxylic acids is 1. The Morgan fingerprint density at radius 2 is 2.25 bits per heavy atom. The Kier molecular flexibility index (Phi) is 2.76. The molecule has 64 valence electrons. The minimum Gasteiger partial charge on any atom is -0.295 e. The molecule has 0 aromatic carbocycles. The number of aromatic nitrogens is 1. The average molecular weight is 181 g/mol. The zero-order valence-electron chi connectivity index (χ0n) is 7.42. The standard InChI is InChI=1S/C9H11NOS/c1-6(8(3)11)4-9-10-5-7(2)12-9/h4-5H,1-3H3/b6-4+. The lowest BCUT2D eigenvalue weighted by atomic mass is 10.2. The molecule has 0 unspecified atom stereocenters. The lowest BCUT2D eigenvalue weighted by Crippen LogP contribution is -1.89. The molecule has 0 N–H and O–H groups in total. The van der Waals surface area contributed by atoms with Crippen LogP contribution in [0.4, 0.5) is 0 Å². The van der Waals surface area contributed by atoms with Crippen LogP contribution >= 0.6 is 11.3 Å². The van der Waals surface area contributed by atoms with Crippen molar-refractivity contribution in [3.8, 4) is 0 Å². The summed E-state index contributed by atoms with van der Waals surface area (Å²) in [7, 11) is 0. The molecule has 0 spiro atoms. The lowest BCUT2D eigenvalue weighted by molar-refractivity contribution is -0.113. The minimum atomic E-state index is 0.0999. The normalized spacial score (nSPS) is 11.8. The molecule has 0 saturated carbocycles. The third kappa shape index (κ3) is 2.27. The number of aryl methyl sites for hydroxylation is 1. The van der Waals surface area contributed by atoms with E-state index in [2.05, 4.69) is 4.98 Å². The van der Waals surface area contributed by atoms with Gasteiger partial charge in [0.25, 0.3) is 0 Å². The summed E-state index contributed by atoms with van der Waals surface area (Å²) in [6.45, 7) is 5.36. The fourth-order valence-corrected chi connectivity index (χ4v) is 1.50. The monoisotopic (exact) mass is 181 g/mol. The van der Waals surface area contributed by atoms with Crippen molar-refractivity contribution in [2.45, 2.75) is 20.8 Å². The van der Waals surface area contributed by atoms with E-state index in [4.69, 9.17) is 0 Å². The Hall–Kier alpha value is -0.960. The maximum absolute atomic E-state index is 10.9. The zero-order chi connectivity index (χ0) is 9.14. The van der Waals surface area contributed by atoms with Crippen LogP contribution in [0.25, 0.3) is 6.08 Å². The van der Waals surface area contributed by atoms with E-state index in [0.29, 0.717) is 0 Å². The molecule has 0 aliphatic rings. The van der Waals surface area contributed by atoms with Gasteiger partial charge in [-0.05, 0) is 32.4 Å². The summed E-state index contributed by atoms with van der Waals surface area (Å²) in [5.41, 5.74) is 0.754. The number of hydrogen-bond acceptors (Lipinski definition) is 3. The van der Waals surface area contributed by atoms with Gasteiger partial charge in [0, 0.05) is 11.1 Å². The summed E-state index contributed by atoms with van der Waals surface area (Å²) in [4.78, 5) is 16.2. The number of nitrogens with zero attached hydrogens (tertiary/aromatic N) is 1. The molecule has 0 radical (unpaired) electrons. The Labute approximate surface area is 76.0 Å². The fraction of sp³-hybridized carbons (Fsp3) is 0.333. The summed E-state index contributed by atoms with van der Waals surface area (Å²) in [5.74, 6) is 0.0999.